The number of hydrogen-bond acceptors (Lipinski definition) is 2. The summed E-state index contributed by atoms with van der Waals surface area (Å²) >= 11 is 0. The van der Waals surface area contributed by atoms with E-state index in [0.29, 0.717) is 29.1 Å². The molecule has 0 spiro atoms. The average Bonchev–Trinajstić information content (AvgIpc) is 3.10. The minimum absolute atomic E-state index is 0.203. The minimum Gasteiger partial charge on any atom is -0.414 e. The molecule has 3 saturated carbocycles. The molecule has 4 rings (SSSR count). The first-order valence-electron chi connectivity index (χ1n) is 15.5. The van der Waals surface area contributed by atoms with Crippen LogP contribution in [0.4, 0.5) is 0 Å². The lowest BCUT2D eigenvalue weighted by molar-refractivity contribution is -0.135. The number of fused-ring (bicyclic) bond motifs is 5. The molecule has 5 unspecified atom stereocenters. The molecule has 36 heavy (non-hydrogen) atoms. The second-order valence-electron chi connectivity index (χ2n) is 16.0. The van der Waals surface area contributed by atoms with E-state index in [1.807, 2.05) is 0 Å². The minimum atomic E-state index is -1.80. The summed E-state index contributed by atoms with van der Waals surface area (Å²) in [4.78, 5) is 13.9. The monoisotopic (exact) mass is 514 g/mol. The van der Waals surface area contributed by atoms with Gasteiger partial charge >= 0.3 is 0 Å². The molecule has 3 heteroatoms. The number of allylic oxidation sites excluding steroid dienone is 1. The van der Waals surface area contributed by atoms with Crippen LogP contribution in [0.3, 0.4) is 0 Å². The van der Waals surface area contributed by atoms with Gasteiger partial charge in [-0.3, -0.25) is 4.79 Å². The molecule has 0 saturated heterocycles. The molecule has 3 fully saturated rings. The third-order valence-corrected chi connectivity index (χ3v) is 16.9. The van der Waals surface area contributed by atoms with Crippen LogP contribution in [0.25, 0.3) is 0 Å². The third-order valence-electron chi connectivity index (χ3n) is 12.4. The third kappa shape index (κ3) is 4.98. The van der Waals surface area contributed by atoms with Gasteiger partial charge in [-0.05, 0) is 110 Å². The fraction of sp³-hybridized carbons (Fsp3) is 0.909. The van der Waals surface area contributed by atoms with Gasteiger partial charge in [0.05, 0.1) is 0 Å². The molecule has 0 N–H and O–H groups in total. The van der Waals surface area contributed by atoms with Crippen molar-refractivity contribution < 1.29 is 9.22 Å². The van der Waals surface area contributed by atoms with Gasteiger partial charge in [0.2, 0.25) is 0 Å². The lowest BCUT2D eigenvalue weighted by Crippen LogP contribution is -2.54. The van der Waals surface area contributed by atoms with Gasteiger partial charge < -0.3 is 4.43 Å². The number of hydrogen-bond donors (Lipinski definition) is 0. The van der Waals surface area contributed by atoms with Crippen molar-refractivity contribution in [3.05, 3.63) is 11.6 Å². The zero-order valence-electron chi connectivity index (χ0n) is 25.5. The van der Waals surface area contributed by atoms with E-state index >= 15 is 0 Å². The van der Waals surface area contributed by atoms with E-state index in [4.69, 9.17) is 4.43 Å². The molecule has 0 amide bonds. The second kappa shape index (κ2) is 9.96. The molecule has 4 aliphatic rings. The van der Waals surface area contributed by atoms with Crippen LogP contribution < -0.4 is 0 Å². The summed E-state index contributed by atoms with van der Waals surface area (Å²) in [5.41, 5.74) is 2.00. The van der Waals surface area contributed by atoms with Crippen molar-refractivity contribution in [3.8, 4) is 0 Å². The zero-order valence-corrected chi connectivity index (χ0v) is 26.5. The smallest absolute Gasteiger partial charge is 0.192 e. The van der Waals surface area contributed by atoms with E-state index < -0.39 is 8.32 Å². The van der Waals surface area contributed by atoms with Gasteiger partial charge in [0, 0.05) is 12.0 Å². The van der Waals surface area contributed by atoms with E-state index in [9.17, 15) is 4.79 Å². The van der Waals surface area contributed by atoms with Crippen molar-refractivity contribution in [1.29, 1.82) is 0 Å². The molecule has 0 bridgehead atoms. The van der Waals surface area contributed by atoms with E-state index in [1.54, 1.807) is 0 Å². The summed E-state index contributed by atoms with van der Waals surface area (Å²) in [5, 5.41) is 0.231. The lowest BCUT2D eigenvalue weighted by atomic mass is 9.46. The van der Waals surface area contributed by atoms with Crippen LogP contribution in [0.1, 0.15) is 120 Å². The van der Waals surface area contributed by atoms with Gasteiger partial charge in [0.25, 0.3) is 0 Å². The first-order chi connectivity index (χ1) is 16.6. The highest BCUT2D eigenvalue weighted by Gasteiger charge is 2.61. The van der Waals surface area contributed by atoms with Crippen LogP contribution in [0, 0.1) is 46.3 Å². The number of carbonyl (C=O) groups is 1. The molecule has 2 nitrogen and oxygen atoms in total. The highest BCUT2D eigenvalue weighted by molar-refractivity contribution is 6.74. The van der Waals surface area contributed by atoms with Gasteiger partial charge in [-0.25, -0.2) is 0 Å². The Bertz CT molecular complexity index is 850. The van der Waals surface area contributed by atoms with Crippen LogP contribution >= 0.6 is 0 Å². The van der Waals surface area contributed by atoms with Gasteiger partial charge in [0.1, 0.15) is 0 Å². The van der Waals surface area contributed by atoms with Crippen LogP contribution in [0.2, 0.25) is 18.1 Å². The topological polar surface area (TPSA) is 26.3 Å². The standard InChI is InChI=1S/C33H58O2Si/c1-22(2)12-11-13-23(3)26-14-15-27-30-28(17-19-33(26,27)8)32(7)18-16-25(20-24(32)21-29(30)34)35-36(9,10)31(4,5)6/h21-23,25-28,30H,11-20H2,1-10H3/t23?,25-,26?,27?,28?,30?,32-,33+/m0/s1. The number of ketones is 1. The summed E-state index contributed by atoms with van der Waals surface area (Å²) in [6, 6.07) is 0. The molecule has 0 aromatic carbocycles. The summed E-state index contributed by atoms with van der Waals surface area (Å²) in [5.74, 6) is 4.29. The molecular formula is C33H58O2Si. The van der Waals surface area contributed by atoms with E-state index in [2.05, 4.69) is 74.6 Å². The predicted molar refractivity (Wildman–Crippen MR) is 156 cm³/mol. The van der Waals surface area contributed by atoms with Crippen molar-refractivity contribution in [2.45, 2.75) is 144 Å². The maximum atomic E-state index is 13.9. The van der Waals surface area contributed by atoms with E-state index in [1.165, 1.54) is 56.9 Å². The summed E-state index contributed by atoms with van der Waals surface area (Å²) in [7, 11) is -1.80. The predicted octanol–water partition coefficient (Wildman–Crippen LogP) is 9.60. The maximum absolute atomic E-state index is 13.9. The highest BCUT2D eigenvalue weighted by Crippen LogP contribution is 2.67. The Morgan fingerprint density at radius 3 is 2.33 bits per heavy atom. The Labute approximate surface area is 224 Å². The zero-order chi connectivity index (χ0) is 26.7. The normalized spacial score (nSPS) is 39.9. The fourth-order valence-corrected chi connectivity index (χ4v) is 10.5. The highest BCUT2D eigenvalue weighted by atomic mass is 28.4. The summed E-state index contributed by atoms with van der Waals surface area (Å²) in [6.45, 7) is 24.1. The molecule has 0 heterocycles. The first kappa shape index (κ1) is 28.6. The van der Waals surface area contributed by atoms with Crippen LogP contribution in [-0.2, 0) is 9.22 Å². The van der Waals surface area contributed by atoms with Gasteiger partial charge in [-0.2, -0.15) is 0 Å². The maximum Gasteiger partial charge on any atom is 0.192 e. The van der Waals surface area contributed by atoms with Crippen LogP contribution in [0.15, 0.2) is 11.6 Å². The number of rotatable bonds is 7. The first-order valence-corrected chi connectivity index (χ1v) is 18.4. The Balaban J connectivity index is 1.50. The van der Waals surface area contributed by atoms with Gasteiger partial charge in [0.15, 0.2) is 14.1 Å². The Morgan fingerprint density at radius 2 is 1.69 bits per heavy atom. The van der Waals surface area contributed by atoms with Crippen molar-refractivity contribution in [2.24, 2.45) is 46.3 Å². The second-order valence-corrected chi connectivity index (χ2v) is 20.8. The quantitative estimate of drug-likeness (QED) is 0.316. The SMILES string of the molecule is CC(C)CCCC(C)C1CCC2C3C(=O)C=C4C[C@@H](O[Si](C)(C)C(C)(C)C)CC[C@]4(C)C3CC[C@]12C. The van der Waals surface area contributed by atoms with Crippen molar-refractivity contribution in [3.63, 3.8) is 0 Å². The number of carbonyl (C=O) groups excluding carboxylic acids is 1. The Kier molecular flexibility index (Phi) is 7.91. The lowest BCUT2D eigenvalue weighted by Gasteiger charge is -2.58. The Morgan fingerprint density at radius 1 is 1.00 bits per heavy atom. The van der Waals surface area contributed by atoms with Crippen molar-refractivity contribution in [2.75, 3.05) is 0 Å². The van der Waals surface area contributed by atoms with E-state index in [0.717, 1.165) is 30.6 Å². The average molecular weight is 515 g/mol. The van der Waals surface area contributed by atoms with Crippen LogP contribution in [-0.4, -0.2) is 20.2 Å². The molecule has 0 aromatic rings. The summed E-state index contributed by atoms with van der Waals surface area (Å²) < 4.78 is 6.87. The van der Waals surface area contributed by atoms with Crippen molar-refractivity contribution >= 4 is 14.1 Å². The van der Waals surface area contributed by atoms with Crippen LogP contribution in [0.5, 0.6) is 0 Å². The van der Waals surface area contributed by atoms with Crippen molar-refractivity contribution in [1.82, 2.24) is 0 Å². The molecule has 0 aliphatic heterocycles. The fourth-order valence-electron chi connectivity index (χ4n) is 9.09. The molecule has 4 aliphatic carbocycles. The van der Waals surface area contributed by atoms with Gasteiger partial charge in [-0.1, -0.05) is 80.2 Å². The molecule has 0 aromatic heterocycles. The largest absolute Gasteiger partial charge is 0.414 e. The molecular weight excluding hydrogens is 456 g/mol. The molecule has 0 radical (unpaired) electrons. The summed E-state index contributed by atoms with van der Waals surface area (Å²) in [6.07, 6.45) is 15.1. The van der Waals surface area contributed by atoms with E-state index in [-0.39, 0.29) is 16.4 Å². The molecule has 206 valence electrons. The Hall–Kier alpha value is -0.413. The molecule has 8 atom stereocenters. The van der Waals surface area contributed by atoms with Gasteiger partial charge in [-0.15, -0.1) is 0 Å².